The Morgan fingerprint density at radius 1 is 1.46 bits per heavy atom. The minimum atomic E-state index is -3.79. The van der Waals surface area contributed by atoms with E-state index in [-0.39, 0.29) is 5.75 Å². The van der Waals surface area contributed by atoms with Gasteiger partial charge in [-0.1, -0.05) is 18.2 Å². The van der Waals surface area contributed by atoms with Gasteiger partial charge in [-0.05, 0) is 13.0 Å². The van der Waals surface area contributed by atoms with E-state index in [1.807, 2.05) is 0 Å². The summed E-state index contributed by atoms with van der Waals surface area (Å²) in [7, 11) is 0. The van der Waals surface area contributed by atoms with E-state index in [4.69, 9.17) is 0 Å². The first kappa shape index (κ1) is 9.89. The van der Waals surface area contributed by atoms with Crippen molar-refractivity contribution < 1.29 is 17.9 Å². The van der Waals surface area contributed by atoms with Crippen LogP contribution in [0.2, 0.25) is 0 Å². The molecule has 1 radical (unpaired) electrons. The zero-order valence-corrected chi connectivity index (χ0v) is 6.93. The highest BCUT2D eigenvalue weighted by molar-refractivity contribution is 5.19. The molecule has 13 heavy (non-hydrogen) atoms. The first-order valence-electron chi connectivity index (χ1n) is 3.70. The van der Waals surface area contributed by atoms with E-state index in [1.165, 1.54) is 18.2 Å². The van der Waals surface area contributed by atoms with Crippen LogP contribution in [0.15, 0.2) is 24.3 Å². The predicted molar refractivity (Wildman–Crippen MR) is 41.4 cm³/mol. The molecule has 1 unspecified atom stereocenters. The molecule has 1 atom stereocenters. The molecular formula is C9H8F3O. The van der Waals surface area contributed by atoms with E-state index in [0.717, 1.165) is 6.92 Å². The van der Waals surface area contributed by atoms with Crippen molar-refractivity contribution >= 4 is 0 Å². The van der Waals surface area contributed by atoms with Crippen LogP contribution in [0.25, 0.3) is 0 Å². The van der Waals surface area contributed by atoms with Gasteiger partial charge in [0.15, 0.2) is 0 Å². The van der Waals surface area contributed by atoms with Crippen molar-refractivity contribution in [2.45, 2.75) is 19.2 Å². The van der Waals surface area contributed by atoms with Crippen LogP contribution in [0.4, 0.5) is 13.2 Å². The first-order chi connectivity index (χ1) is 6.02. The Bertz CT molecular complexity index is 259. The number of benzene rings is 1. The standard InChI is InChI=1S/C9H8F3O/c1-7(10)9(11,12)13-8-5-3-2-4-6-8/h2-5,7H,1H3. The lowest BCUT2D eigenvalue weighted by molar-refractivity contribution is -0.215. The topological polar surface area (TPSA) is 9.23 Å². The lowest BCUT2D eigenvalue weighted by atomic mass is 10.3. The van der Waals surface area contributed by atoms with Gasteiger partial charge in [-0.15, -0.1) is 0 Å². The Balaban J connectivity index is 2.69. The molecule has 0 bridgehead atoms. The average Bonchev–Trinajstić information content (AvgIpc) is 2.05. The number of ether oxygens (including phenoxy) is 1. The van der Waals surface area contributed by atoms with Crippen molar-refractivity contribution in [1.29, 1.82) is 0 Å². The fourth-order valence-electron chi connectivity index (χ4n) is 0.668. The van der Waals surface area contributed by atoms with Crippen LogP contribution in [-0.4, -0.2) is 12.3 Å². The third kappa shape index (κ3) is 2.65. The lowest BCUT2D eigenvalue weighted by Crippen LogP contribution is -2.34. The van der Waals surface area contributed by atoms with Gasteiger partial charge in [-0.3, -0.25) is 0 Å². The summed E-state index contributed by atoms with van der Waals surface area (Å²) in [4.78, 5) is 0. The maximum Gasteiger partial charge on any atom is 0.429 e. The summed E-state index contributed by atoms with van der Waals surface area (Å²) in [6, 6.07) is 8.22. The van der Waals surface area contributed by atoms with Crippen molar-refractivity contribution in [2.24, 2.45) is 0 Å². The van der Waals surface area contributed by atoms with E-state index in [9.17, 15) is 13.2 Å². The molecule has 1 aromatic rings. The number of alkyl halides is 3. The summed E-state index contributed by atoms with van der Waals surface area (Å²) in [6.07, 6.45) is -6.14. The van der Waals surface area contributed by atoms with Crippen LogP contribution in [0.5, 0.6) is 5.75 Å². The molecule has 0 spiro atoms. The maximum atomic E-state index is 12.6. The fourth-order valence-corrected chi connectivity index (χ4v) is 0.668. The molecule has 1 aromatic carbocycles. The second-order valence-electron chi connectivity index (χ2n) is 2.51. The Morgan fingerprint density at radius 3 is 2.62 bits per heavy atom. The normalized spacial score (nSPS) is 13.8. The van der Waals surface area contributed by atoms with E-state index in [0.29, 0.717) is 0 Å². The Kier molecular flexibility index (Phi) is 2.80. The van der Waals surface area contributed by atoms with Gasteiger partial charge in [0.1, 0.15) is 5.75 Å². The number of rotatable bonds is 3. The molecule has 0 fully saturated rings. The molecule has 0 N–H and O–H groups in total. The summed E-state index contributed by atoms with van der Waals surface area (Å²) >= 11 is 0. The number of hydrogen-bond acceptors (Lipinski definition) is 1. The summed E-state index contributed by atoms with van der Waals surface area (Å²) in [5, 5.41) is 0. The summed E-state index contributed by atoms with van der Waals surface area (Å²) in [6.45, 7) is 0.739. The molecule has 0 aliphatic rings. The van der Waals surface area contributed by atoms with Crippen LogP contribution < -0.4 is 4.74 Å². The highest BCUT2D eigenvalue weighted by atomic mass is 19.3. The third-order valence-corrected chi connectivity index (χ3v) is 1.39. The number of hydrogen-bond donors (Lipinski definition) is 0. The van der Waals surface area contributed by atoms with Gasteiger partial charge in [-0.25, -0.2) is 4.39 Å². The van der Waals surface area contributed by atoms with Crippen molar-refractivity contribution in [2.75, 3.05) is 0 Å². The van der Waals surface area contributed by atoms with Crippen LogP contribution in [0, 0.1) is 6.07 Å². The zero-order valence-electron chi connectivity index (χ0n) is 6.93. The smallest absolute Gasteiger partial charge is 0.429 e. The SMILES string of the molecule is CC(F)C(F)(F)Oc1[c]cccc1. The molecule has 0 saturated carbocycles. The molecule has 4 heteroatoms. The number of para-hydroxylation sites is 1. The van der Waals surface area contributed by atoms with Gasteiger partial charge in [0.05, 0.1) is 0 Å². The highest BCUT2D eigenvalue weighted by Crippen LogP contribution is 2.25. The third-order valence-electron chi connectivity index (χ3n) is 1.39. The second-order valence-corrected chi connectivity index (χ2v) is 2.51. The molecular weight excluding hydrogens is 181 g/mol. The van der Waals surface area contributed by atoms with E-state index < -0.39 is 12.3 Å². The van der Waals surface area contributed by atoms with Gasteiger partial charge in [0.2, 0.25) is 6.17 Å². The van der Waals surface area contributed by atoms with Crippen LogP contribution in [0.1, 0.15) is 6.92 Å². The maximum absolute atomic E-state index is 12.6. The Hall–Kier alpha value is -1.19. The zero-order chi connectivity index (χ0) is 9.90. The summed E-state index contributed by atoms with van der Waals surface area (Å²) < 4.78 is 41.6. The molecule has 0 amide bonds. The monoisotopic (exact) mass is 189 g/mol. The Morgan fingerprint density at radius 2 is 2.15 bits per heavy atom. The summed E-state index contributed by atoms with van der Waals surface area (Å²) in [5.74, 6) is -0.169. The van der Waals surface area contributed by atoms with E-state index in [2.05, 4.69) is 10.8 Å². The average molecular weight is 189 g/mol. The summed E-state index contributed by atoms with van der Waals surface area (Å²) in [5.41, 5.74) is 0. The minimum Gasteiger partial charge on any atom is -0.430 e. The lowest BCUT2D eigenvalue weighted by Gasteiger charge is -2.18. The minimum absolute atomic E-state index is 0.169. The van der Waals surface area contributed by atoms with Crippen molar-refractivity contribution in [3.63, 3.8) is 0 Å². The second kappa shape index (κ2) is 3.68. The quantitative estimate of drug-likeness (QED) is 0.710. The molecule has 0 heterocycles. The molecule has 0 aliphatic heterocycles. The first-order valence-corrected chi connectivity index (χ1v) is 3.70. The van der Waals surface area contributed by atoms with Crippen LogP contribution >= 0.6 is 0 Å². The molecule has 0 aromatic heterocycles. The van der Waals surface area contributed by atoms with Crippen molar-refractivity contribution in [1.82, 2.24) is 0 Å². The fraction of sp³-hybridized carbons (Fsp3) is 0.333. The van der Waals surface area contributed by atoms with Gasteiger partial charge in [0, 0.05) is 6.07 Å². The molecule has 0 saturated heterocycles. The molecule has 0 aliphatic carbocycles. The van der Waals surface area contributed by atoms with Gasteiger partial charge >= 0.3 is 6.11 Å². The van der Waals surface area contributed by atoms with Crippen molar-refractivity contribution in [3.8, 4) is 5.75 Å². The number of halogens is 3. The largest absolute Gasteiger partial charge is 0.430 e. The molecule has 1 rings (SSSR count). The molecule has 71 valence electrons. The molecule has 1 nitrogen and oxygen atoms in total. The van der Waals surface area contributed by atoms with Crippen molar-refractivity contribution in [3.05, 3.63) is 30.3 Å². The van der Waals surface area contributed by atoms with Gasteiger partial charge in [-0.2, -0.15) is 8.78 Å². The van der Waals surface area contributed by atoms with Gasteiger partial charge < -0.3 is 4.74 Å². The van der Waals surface area contributed by atoms with Crippen LogP contribution in [0.3, 0.4) is 0 Å². The van der Waals surface area contributed by atoms with Gasteiger partial charge in [0.25, 0.3) is 0 Å². The van der Waals surface area contributed by atoms with E-state index >= 15 is 0 Å². The van der Waals surface area contributed by atoms with E-state index in [1.54, 1.807) is 6.07 Å². The Labute approximate surface area is 74.1 Å². The predicted octanol–water partition coefficient (Wildman–Crippen LogP) is 2.82. The van der Waals surface area contributed by atoms with Crippen LogP contribution in [-0.2, 0) is 0 Å². The highest BCUT2D eigenvalue weighted by Gasteiger charge is 2.39.